The first-order valence-electron chi connectivity index (χ1n) is 11.1. The SMILES string of the molecule is CC(c1ccc(C(F)(F)F)nc1)N(c1ncnc(NCc2ccc(CC(N)=O)cc2)c1F)C1CC1. The largest absolute Gasteiger partial charge is 0.433 e. The molecule has 0 saturated heterocycles. The zero-order valence-electron chi connectivity index (χ0n) is 18.9. The van der Waals surface area contributed by atoms with Crippen molar-refractivity contribution in [1.29, 1.82) is 0 Å². The third-order valence-electron chi connectivity index (χ3n) is 5.79. The van der Waals surface area contributed by atoms with Crippen LogP contribution in [0.15, 0.2) is 48.9 Å². The molecule has 1 aliphatic carbocycles. The highest BCUT2D eigenvalue weighted by Crippen LogP contribution is 2.39. The van der Waals surface area contributed by atoms with Crippen LogP contribution in [0.4, 0.5) is 29.2 Å². The van der Waals surface area contributed by atoms with E-state index in [-0.39, 0.29) is 30.6 Å². The molecule has 2 heterocycles. The fourth-order valence-electron chi connectivity index (χ4n) is 3.83. The van der Waals surface area contributed by atoms with Crippen molar-refractivity contribution in [3.8, 4) is 0 Å². The zero-order chi connectivity index (χ0) is 25.2. The average Bonchev–Trinajstić information content (AvgIpc) is 3.65. The summed E-state index contributed by atoms with van der Waals surface area (Å²) in [6.07, 6.45) is -0.321. The quantitative estimate of drug-likeness (QED) is 0.434. The molecule has 0 bridgehead atoms. The monoisotopic (exact) mass is 488 g/mol. The summed E-state index contributed by atoms with van der Waals surface area (Å²) in [4.78, 5) is 24.5. The molecule has 1 aliphatic rings. The van der Waals surface area contributed by atoms with Gasteiger partial charge in [-0.05, 0) is 42.5 Å². The number of carbonyl (C=O) groups is 1. The maximum Gasteiger partial charge on any atom is 0.433 e. The van der Waals surface area contributed by atoms with Gasteiger partial charge in [-0.1, -0.05) is 30.3 Å². The minimum absolute atomic E-state index is 0.0135. The van der Waals surface area contributed by atoms with Gasteiger partial charge in [-0.2, -0.15) is 17.6 Å². The van der Waals surface area contributed by atoms with E-state index in [2.05, 4.69) is 20.3 Å². The highest BCUT2D eigenvalue weighted by atomic mass is 19.4. The standard InChI is InChI=1S/C24H24F4N6O/c1-14(17-6-9-19(30-12-17)24(26,27)28)34(18-7-8-18)23-21(25)22(32-13-33-23)31-11-16-4-2-15(3-5-16)10-20(29)35/h2-6,9,12-14,18H,7-8,10-11H2,1H3,(H2,29,35)(H,31,32,33). The van der Waals surface area contributed by atoms with Gasteiger partial charge in [0.05, 0.1) is 12.5 Å². The number of primary amides is 1. The predicted molar refractivity (Wildman–Crippen MR) is 122 cm³/mol. The molecule has 7 nitrogen and oxygen atoms in total. The van der Waals surface area contributed by atoms with E-state index >= 15 is 4.39 Å². The van der Waals surface area contributed by atoms with Crippen LogP contribution in [0.25, 0.3) is 0 Å². The van der Waals surface area contributed by atoms with E-state index in [1.807, 2.05) is 12.1 Å². The summed E-state index contributed by atoms with van der Waals surface area (Å²) in [6.45, 7) is 2.07. The van der Waals surface area contributed by atoms with Gasteiger partial charge in [-0.15, -0.1) is 0 Å². The molecule has 35 heavy (non-hydrogen) atoms. The van der Waals surface area contributed by atoms with Crippen LogP contribution < -0.4 is 16.0 Å². The van der Waals surface area contributed by atoms with Crippen LogP contribution in [0.1, 0.15) is 48.2 Å². The summed E-state index contributed by atoms with van der Waals surface area (Å²) >= 11 is 0. The number of halogens is 4. The highest BCUT2D eigenvalue weighted by molar-refractivity contribution is 5.76. The molecular formula is C24H24F4N6O. The van der Waals surface area contributed by atoms with Crippen molar-refractivity contribution in [1.82, 2.24) is 15.0 Å². The highest BCUT2D eigenvalue weighted by Gasteiger charge is 2.37. The van der Waals surface area contributed by atoms with Gasteiger partial charge in [0.1, 0.15) is 12.0 Å². The molecule has 1 fully saturated rings. The molecule has 1 saturated carbocycles. The molecule has 1 atom stereocenters. The summed E-state index contributed by atoms with van der Waals surface area (Å²) in [5.41, 5.74) is 6.37. The van der Waals surface area contributed by atoms with E-state index in [1.54, 1.807) is 24.0 Å². The second-order valence-corrected chi connectivity index (χ2v) is 8.46. The smallest absolute Gasteiger partial charge is 0.369 e. The van der Waals surface area contributed by atoms with Crippen molar-refractivity contribution in [2.24, 2.45) is 5.73 Å². The Labute approximate surface area is 199 Å². The van der Waals surface area contributed by atoms with Crippen molar-refractivity contribution >= 4 is 17.5 Å². The molecule has 11 heteroatoms. The summed E-state index contributed by atoms with van der Waals surface area (Å²) < 4.78 is 54.1. The number of aromatic nitrogens is 3. The van der Waals surface area contributed by atoms with Crippen LogP contribution in [-0.2, 0) is 23.9 Å². The predicted octanol–water partition coefficient (Wildman–Crippen LogP) is 4.40. The third kappa shape index (κ3) is 5.84. The number of hydrogen-bond donors (Lipinski definition) is 2. The van der Waals surface area contributed by atoms with Gasteiger partial charge >= 0.3 is 6.18 Å². The van der Waals surface area contributed by atoms with Crippen LogP contribution >= 0.6 is 0 Å². The lowest BCUT2D eigenvalue weighted by molar-refractivity contribution is -0.141. The van der Waals surface area contributed by atoms with E-state index in [0.717, 1.165) is 30.0 Å². The van der Waals surface area contributed by atoms with E-state index in [0.29, 0.717) is 5.56 Å². The van der Waals surface area contributed by atoms with E-state index in [1.165, 1.54) is 18.6 Å². The molecule has 3 N–H and O–H groups in total. The molecule has 0 spiro atoms. The number of anilines is 2. The fraction of sp³-hybridized carbons (Fsp3) is 0.333. The summed E-state index contributed by atoms with van der Waals surface area (Å²) in [5.74, 6) is -0.974. The lowest BCUT2D eigenvalue weighted by atomic mass is 10.1. The molecule has 1 unspecified atom stereocenters. The lowest BCUT2D eigenvalue weighted by Gasteiger charge is -2.31. The number of nitrogens with zero attached hydrogens (tertiary/aromatic N) is 4. The van der Waals surface area contributed by atoms with Gasteiger partial charge in [-0.3, -0.25) is 9.78 Å². The van der Waals surface area contributed by atoms with Gasteiger partial charge in [0, 0.05) is 18.8 Å². The Morgan fingerprint density at radius 1 is 1.11 bits per heavy atom. The van der Waals surface area contributed by atoms with Crippen LogP contribution in [0.5, 0.6) is 0 Å². The number of rotatable bonds is 9. The molecule has 1 aromatic carbocycles. The number of nitrogens with two attached hydrogens (primary N) is 1. The number of carbonyl (C=O) groups excluding carboxylic acids is 1. The van der Waals surface area contributed by atoms with Gasteiger partial charge in [0.25, 0.3) is 0 Å². The van der Waals surface area contributed by atoms with Gasteiger partial charge in [0.2, 0.25) is 11.7 Å². The number of pyridine rings is 1. The Balaban J connectivity index is 1.52. The summed E-state index contributed by atoms with van der Waals surface area (Å²) in [5, 5.41) is 2.97. The molecule has 3 aromatic rings. The average molecular weight is 488 g/mol. The van der Waals surface area contributed by atoms with Crippen molar-refractivity contribution in [2.75, 3.05) is 10.2 Å². The number of amides is 1. The normalized spacial score (nSPS) is 14.4. The maximum absolute atomic E-state index is 15.5. The van der Waals surface area contributed by atoms with E-state index in [9.17, 15) is 18.0 Å². The van der Waals surface area contributed by atoms with E-state index in [4.69, 9.17) is 5.73 Å². The molecular weight excluding hydrogens is 464 g/mol. The van der Waals surface area contributed by atoms with Crippen molar-refractivity contribution in [2.45, 2.75) is 51.0 Å². The Hall–Kier alpha value is -3.76. The lowest BCUT2D eigenvalue weighted by Crippen LogP contribution is -2.31. The first kappa shape index (κ1) is 24.4. The van der Waals surface area contributed by atoms with Crippen LogP contribution in [-0.4, -0.2) is 26.9 Å². The van der Waals surface area contributed by atoms with Crippen molar-refractivity contribution in [3.05, 3.63) is 77.1 Å². The van der Waals surface area contributed by atoms with E-state index < -0.39 is 29.6 Å². The summed E-state index contributed by atoms with van der Waals surface area (Å²) in [6, 6.07) is 9.01. The first-order chi connectivity index (χ1) is 16.6. The van der Waals surface area contributed by atoms with Crippen LogP contribution in [0.2, 0.25) is 0 Å². The van der Waals surface area contributed by atoms with Crippen LogP contribution in [0, 0.1) is 5.82 Å². The second kappa shape index (κ2) is 9.85. The Morgan fingerprint density at radius 2 is 1.80 bits per heavy atom. The number of alkyl halides is 3. The summed E-state index contributed by atoms with van der Waals surface area (Å²) in [7, 11) is 0. The Kier molecular flexibility index (Phi) is 6.86. The van der Waals surface area contributed by atoms with Gasteiger partial charge < -0.3 is 16.0 Å². The maximum atomic E-state index is 15.5. The van der Waals surface area contributed by atoms with Crippen molar-refractivity contribution in [3.63, 3.8) is 0 Å². The van der Waals surface area contributed by atoms with Gasteiger partial charge in [-0.25, -0.2) is 9.97 Å². The topological polar surface area (TPSA) is 97.0 Å². The second-order valence-electron chi connectivity index (χ2n) is 8.46. The zero-order valence-corrected chi connectivity index (χ0v) is 18.9. The Bertz CT molecular complexity index is 1180. The third-order valence-corrected chi connectivity index (χ3v) is 5.79. The molecule has 0 radical (unpaired) electrons. The minimum atomic E-state index is -4.53. The number of benzene rings is 1. The van der Waals surface area contributed by atoms with Gasteiger partial charge in [0.15, 0.2) is 11.6 Å². The molecule has 1 amide bonds. The fourth-order valence-corrected chi connectivity index (χ4v) is 3.83. The van der Waals surface area contributed by atoms with Crippen LogP contribution in [0.3, 0.4) is 0 Å². The minimum Gasteiger partial charge on any atom is -0.369 e. The molecule has 0 aliphatic heterocycles. The molecule has 4 rings (SSSR count). The molecule has 2 aromatic heterocycles. The number of hydrogen-bond acceptors (Lipinski definition) is 6. The Morgan fingerprint density at radius 3 is 2.37 bits per heavy atom. The van der Waals surface area contributed by atoms with Crippen molar-refractivity contribution < 1.29 is 22.4 Å². The number of nitrogens with one attached hydrogen (secondary N) is 1. The first-order valence-corrected chi connectivity index (χ1v) is 11.1. The molecule has 184 valence electrons.